The Bertz CT molecular complexity index is 1340. The number of carbonyl (C=O) groups is 2. The third kappa shape index (κ3) is 3.88. The first-order valence-corrected chi connectivity index (χ1v) is 14.5. The molecule has 6 rings (SSSR count). The molecule has 2 heterocycles. The van der Waals surface area contributed by atoms with Crippen LogP contribution in [0.25, 0.3) is 6.08 Å². The van der Waals surface area contributed by atoms with E-state index in [1.807, 2.05) is 47.4 Å². The average molecular weight is 545 g/mol. The van der Waals surface area contributed by atoms with Gasteiger partial charge in [-0.3, -0.25) is 14.5 Å². The Morgan fingerprint density at radius 2 is 1.95 bits per heavy atom. The molecule has 40 heavy (non-hydrogen) atoms. The highest BCUT2D eigenvalue weighted by Crippen LogP contribution is 2.67. The average Bonchev–Trinajstić information content (AvgIpc) is 3.28. The van der Waals surface area contributed by atoms with Gasteiger partial charge in [0, 0.05) is 25.1 Å². The van der Waals surface area contributed by atoms with Gasteiger partial charge in [-0.2, -0.15) is 0 Å². The molecule has 2 aliphatic heterocycles. The summed E-state index contributed by atoms with van der Waals surface area (Å²) in [7, 11) is 3.80. The maximum Gasteiger partial charge on any atom is 0.303 e. The number of likely N-dealkylation sites (N-methyl/N-ethyl adjacent to an activating group) is 1. The summed E-state index contributed by atoms with van der Waals surface area (Å²) in [4.78, 5) is 31.1. The van der Waals surface area contributed by atoms with Crippen LogP contribution in [0.5, 0.6) is 11.5 Å². The molecular weight excluding hydrogens is 504 g/mol. The number of rotatable bonds is 7. The van der Waals surface area contributed by atoms with Gasteiger partial charge < -0.3 is 19.1 Å². The number of amides is 1. The van der Waals surface area contributed by atoms with Crippen LogP contribution in [-0.4, -0.2) is 72.7 Å². The van der Waals surface area contributed by atoms with Gasteiger partial charge in [-0.15, -0.1) is 0 Å². The van der Waals surface area contributed by atoms with E-state index in [4.69, 9.17) is 14.2 Å². The van der Waals surface area contributed by atoms with Crippen LogP contribution >= 0.6 is 0 Å². The molecule has 2 aliphatic carbocycles. The zero-order valence-electron chi connectivity index (χ0n) is 24.2. The summed E-state index contributed by atoms with van der Waals surface area (Å²) in [6.07, 6.45) is 6.15. The number of likely N-dealkylation sites (tertiary alicyclic amines) is 1. The van der Waals surface area contributed by atoms with Crippen molar-refractivity contribution in [3.8, 4) is 11.5 Å². The van der Waals surface area contributed by atoms with Crippen molar-refractivity contribution in [2.45, 2.75) is 75.7 Å². The number of nitrogens with zero attached hydrogens (tertiary/aromatic N) is 2. The van der Waals surface area contributed by atoms with Crippen LogP contribution in [-0.2, 0) is 26.2 Å². The predicted molar refractivity (Wildman–Crippen MR) is 153 cm³/mol. The molecule has 1 amide bonds. The fourth-order valence-electron chi connectivity index (χ4n) is 8.24. The van der Waals surface area contributed by atoms with Crippen LogP contribution in [0.1, 0.15) is 56.7 Å². The van der Waals surface area contributed by atoms with Crippen molar-refractivity contribution in [1.82, 2.24) is 9.80 Å². The van der Waals surface area contributed by atoms with Crippen LogP contribution in [0.3, 0.4) is 0 Å². The monoisotopic (exact) mass is 544 g/mol. The summed E-state index contributed by atoms with van der Waals surface area (Å²) in [5.74, 6) is 1.44. The molecule has 2 bridgehead atoms. The van der Waals surface area contributed by atoms with Gasteiger partial charge in [0.15, 0.2) is 11.5 Å². The second-order valence-corrected chi connectivity index (χ2v) is 12.3. The molecule has 7 heteroatoms. The molecule has 0 unspecified atom stereocenters. The molecule has 2 fully saturated rings. The molecule has 1 saturated carbocycles. The number of benzene rings is 2. The number of ether oxygens (including phenoxy) is 3. The minimum Gasteiger partial charge on any atom is -0.493 e. The molecule has 4 aliphatic rings. The number of hydrogen-bond acceptors (Lipinski definition) is 6. The van der Waals surface area contributed by atoms with Crippen LogP contribution in [0.2, 0.25) is 0 Å². The Morgan fingerprint density at radius 1 is 1.18 bits per heavy atom. The number of methoxy groups -OCH3 is 1. The fourth-order valence-corrected chi connectivity index (χ4v) is 8.24. The standard InChI is InChI=1S/C33H40N2O5/c1-21(2)20-35(28(37)14-11-23-9-7-6-8-10-23)25-15-16-33(40-22(3)36)27-19-24-12-13-26(38-5)30-29(24)32(33,31(25)39-30)17-18-34(27)4/h6-14,21,25,27,31H,15-20H2,1-5H3/t25-,27-,31+,32+,33-/m1/s1. The second kappa shape index (κ2) is 9.95. The molecular formula is C33H40N2O5. The van der Waals surface area contributed by atoms with E-state index >= 15 is 0 Å². The predicted octanol–water partition coefficient (Wildman–Crippen LogP) is 4.62. The first-order valence-electron chi connectivity index (χ1n) is 14.5. The number of piperidine rings is 1. The largest absolute Gasteiger partial charge is 0.493 e. The van der Waals surface area contributed by atoms with Crippen molar-refractivity contribution < 1.29 is 23.8 Å². The lowest BCUT2D eigenvalue weighted by atomic mass is 9.48. The smallest absolute Gasteiger partial charge is 0.303 e. The molecule has 0 aromatic heterocycles. The number of esters is 1. The van der Waals surface area contributed by atoms with E-state index in [1.165, 1.54) is 12.5 Å². The molecule has 212 valence electrons. The van der Waals surface area contributed by atoms with Gasteiger partial charge in [-0.25, -0.2) is 0 Å². The summed E-state index contributed by atoms with van der Waals surface area (Å²) in [5.41, 5.74) is 2.05. The van der Waals surface area contributed by atoms with Gasteiger partial charge in [-0.05, 0) is 68.5 Å². The third-order valence-corrected chi connectivity index (χ3v) is 9.65. The Labute approximate surface area is 237 Å². The van der Waals surface area contributed by atoms with Crippen molar-refractivity contribution in [1.29, 1.82) is 0 Å². The van der Waals surface area contributed by atoms with Crippen LogP contribution in [0, 0.1) is 5.92 Å². The van der Waals surface area contributed by atoms with E-state index < -0.39 is 11.0 Å². The maximum absolute atomic E-state index is 13.9. The molecule has 0 radical (unpaired) electrons. The highest BCUT2D eigenvalue weighted by molar-refractivity contribution is 5.92. The minimum atomic E-state index is -0.732. The first kappa shape index (κ1) is 26.9. The molecule has 7 nitrogen and oxygen atoms in total. The lowest BCUT2D eigenvalue weighted by Gasteiger charge is -2.65. The van der Waals surface area contributed by atoms with Gasteiger partial charge in [0.1, 0.15) is 11.7 Å². The minimum absolute atomic E-state index is 0.0222. The van der Waals surface area contributed by atoms with E-state index in [2.05, 4.69) is 31.9 Å². The van der Waals surface area contributed by atoms with Crippen molar-refractivity contribution in [3.05, 3.63) is 65.2 Å². The first-order chi connectivity index (χ1) is 19.2. The van der Waals surface area contributed by atoms with Crippen LogP contribution in [0.4, 0.5) is 0 Å². The lowest BCUT2D eigenvalue weighted by Crippen LogP contribution is -2.79. The van der Waals surface area contributed by atoms with Crippen LogP contribution < -0.4 is 9.47 Å². The van der Waals surface area contributed by atoms with E-state index in [1.54, 1.807) is 13.2 Å². The van der Waals surface area contributed by atoms with Gasteiger partial charge in [0.25, 0.3) is 0 Å². The van der Waals surface area contributed by atoms with E-state index in [-0.39, 0.29) is 36.0 Å². The Morgan fingerprint density at radius 3 is 2.65 bits per heavy atom. The second-order valence-electron chi connectivity index (χ2n) is 12.3. The fraction of sp³-hybridized carbons (Fsp3) is 0.515. The Hall–Kier alpha value is -3.32. The summed E-state index contributed by atoms with van der Waals surface area (Å²) >= 11 is 0. The summed E-state index contributed by atoms with van der Waals surface area (Å²) < 4.78 is 19.3. The number of hydrogen-bond donors (Lipinski definition) is 0. The normalized spacial score (nSPS) is 30.1. The van der Waals surface area contributed by atoms with E-state index in [0.29, 0.717) is 25.1 Å². The Balaban J connectivity index is 1.48. The van der Waals surface area contributed by atoms with Crippen LogP contribution in [0.15, 0.2) is 48.5 Å². The molecule has 5 atom stereocenters. The molecule has 1 spiro atoms. The van der Waals surface area contributed by atoms with Gasteiger partial charge in [0.2, 0.25) is 5.91 Å². The third-order valence-electron chi connectivity index (χ3n) is 9.65. The molecule has 1 saturated heterocycles. The number of carbonyl (C=O) groups excluding carboxylic acids is 2. The van der Waals surface area contributed by atoms with E-state index in [0.717, 1.165) is 36.3 Å². The summed E-state index contributed by atoms with van der Waals surface area (Å²) in [5, 5.41) is 0. The van der Waals surface area contributed by atoms with Crippen molar-refractivity contribution in [3.63, 3.8) is 0 Å². The summed E-state index contributed by atoms with van der Waals surface area (Å²) in [6, 6.07) is 13.9. The van der Waals surface area contributed by atoms with E-state index in [9.17, 15) is 9.59 Å². The lowest BCUT2D eigenvalue weighted by molar-refractivity contribution is -0.221. The highest BCUT2D eigenvalue weighted by atomic mass is 16.6. The zero-order valence-corrected chi connectivity index (χ0v) is 24.2. The van der Waals surface area contributed by atoms with Gasteiger partial charge >= 0.3 is 5.97 Å². The van der Waals surface area contributed by atoms with Gasteiger partial charge in [-0.1, -0.05) is 50.2 Å². The van der Waals surface area contributed by atoms with Crippen molar-refractivity contribution >= 4 is 18.0 Å². The quantitative estimate of drug-likeness (QED) is 0.375. The molecule has 0 N–H and O–H groups in total. The maximum atomic E-state index is 13.9. The Kier molecular flexibility index (Phi) is 6.68. The SMILES string of the molecule is COc1ccc2c3c1O[C@H]1[C@H](N(CC(C)C)C(=O)C=Cc4ccccc4)CC[C@@]4(OC(C)=O)[C@@H](C2)N(C)CC[C@]314. The van der Waals surface area contributed by atoms with Crippen molar-refractivity contribution in [2.75, 3.05) is 27.2 Å². The summed E-state index contributed by atoms with van der Waals surface area (Å²) in [6.45, 7) is 7.28. The zero-order chi connectivity index (χ0) is 28.2. The topological polar surface area (TPSA) is 68.3 Å². The molecule has 2 aromatic rings. The van der Waals surface area contributed by atoms with Crippen molar-refractivity contribution in [2.24, 2.45) is 5.92 Å². The molecule has 2 aromatic carbocycles. The van der Waals surface area contributed by atoms with Gasteiger partial charge in [0.05, 0.1) is 24.6 Å². The highest BCUT2D eigenvalue weighted by Gasteiger charge is 2.75.